The summed E-state index contributed by atoms with van der Waals surface area (Å²) < 4.78 is 0. The molecule has 1 aliphatic rings. The van der Waals surface area contributed by atoms with E-state index in [-0.39, 0.29) is 23.8 Å². The smallest absolute Gasteiger partial charge is 0.250 e. The van der Waals surface area contributed by atoms with Crippen molar-refractivity contribution >= 4 is 29.1 Å². The number of anilines is 2. The number of rotatable bonds is 3. The van der Waals surface area contributed by atoms with E-state index < -0.39 is 11.8 Å². The molecule has 0 bridgehead atoms. The molecule has 24 heavy (non-hydrogen) atoms. The van der Waals surface area contributed by atoms with Crippen LogP contribution in [-0.2, 0) is 9.59 Å². The maximum absolute atomic E-state index is 12.7. The van der Waals surface area contributed by atoms with Gasteiger partial charge in [0.15, 0.2) is 0 Å². The van der Waals surface area contributed by atoms with Gasteiger partial charge < -0.3 is 16.0 Å². The Balaban J connectivity index is 1.93. The van der Waals surface area contributed by atoms with E-state index in [1.807, 2.05) is 24.3 Å². The summed E-state index contributed by atoms with van der Waals surface area (Å²) in [6, 6.07) is 13.8. The molecule has 0 radical (unpaired) electrons. The lowest BCUT2D eigenvalue weighted by Gasteiger charge is -2.31. The minimum atomic E-state index is -0.620. The largest absolute Gasteiger partial charge is 0.366 e. The molecule has 0 spiro atoms. The summed E-state index contributed by atoms with van der Waals surface area (Å²) in [5, 5.41) is 2.73. The van der Waals surface area contributed by atoms with Crippen molar-refractivity contribution in [2.24, 2.45) is 5.73 Å². The van der Waals surface area contributed by atoms with Gasteiger partial charge in [-0.3, -0.25) is 14.4 Å². The van der Waals surface area contributed by atoms with Crippen molar-refractivity contribution in [2.45, 2.75) is 12.3 Å². The van der Waals surface area contributed by atoms with Crippen molar-refractivity contribution in [3.63, 3.8) is 0 Å². The second kappa shape index (κ2) is 6.16. The SMILES string of the molecule is CN1C(=O)CC(C(=O)Nc2ccccc2C(N)=O)c2ccccc21. The number of carbonyl (C=O) groups is 3. The minimum absolute atomic E-state index is 0.0814. The summed E-state index contributed by atoms with van der Waals surface area (Å²) in [6.07, 6.45) is 0.0814. The highest BCUT2D eigenvalue weighted by Crippen LogP contribution is 2.35. The van der Waals surface area contributed by atoms with Crippen molar-refractivity contribution in [1.29, 1.82) is 0 Å². The van der Waals surface area contributed by atoms with Gasteiger partial charge in [0.05, 0.1) is 17.2 Å². The van der Waals surface area contributed by atoms with Crippen LogP contribution in [0.4, 0.5) is 11.4 Å². The summed E-state index contributed by atoms with van der Waals surface area (Å²) >= 11 is 0. The second-order valence-corrected chi connectivity index (χ2v) is 5.67. The van der Waals surface area contributed by atoms with Crippen LogP contribution in [0, 0.1) is 0 Å². The van der Waals surface area contributed by atoms with Crippen LogP contribution in [0.2, 0.25) is 0 Å². The fourth-order valence-electron chi connectivity index (χ4n) is 2.90. The maximum Gasteiger partial charge on any atom is 0.250 e. The van der Waals surface area contributed by atoms with Gasteiger partial charge in [-0.1, -0.05) is 30.3 Å². The average Bonchev–Trinajstić information content (AvgIpc) is 2.58. The highest BCUT2D eigenvalue weighted by atomic mass is 16.2. The van der Waals surface area contributed by atoms with Gasteiger partial charge in [0.25, 0.3) is 5.91 Å². The number of para-hydroxylation sites is 2. The van der Waals surface area contributed by atoms with Crippen LogP contribution >= 0.6 is 0 Å². The van der Waals surface area contributed by atoms with E-state index in [9.17, 15) is 14.4 Å². The molecular formula is C18H17N3O3. The molecule has 3 N–H and O–H groups in total. The van der Waals surface area contributed by atoms with E-state index >= 15 is 0 Å². The zero-order valence-corrected chi connectivity index (χ0v) is 13.2. The van der Waals surface area contributed by atoms with Crippen LogP contribution in [0.5, 0.6) is 0 Å². The highest BCUT2D eigenvalue weighted by molar-refractivity contribution is 6.08. The summed E-state index contributed by atoms with van der Waals surface area (Å²) in [7, 11) is 1.69. The Morgan fingerprint density at radius 2 is 1.79 bits per heavy atom. The lowest BCUT2D eigenvalue weighted by atomic mass is 9.88. The number of nitrogens with two attached hydrogens (primary N) is 1. The first-order valence-corrected chi connectivity index (χ1v) is 7.54. The van der Waals surface area contributed by atoms with Crippen LogP contribution in [0.3, 0.4) is 0 Å². The Kier molecular flexibility index (Phi) is 4.04. The van der Waals surface area contributed by atoms with Gasteiger partial charge in [0, 0.05) is 19.2 Å². The fourth-order valence-corrected chi connectivity index (χ4v) is 2.90. The van der Waals surface area contributed by atoms with Gasteiger partial charge >= 0.3 is 0 Å². The zero-order chi connectivity index (χ0) is 17.3. The van der Waals surface area contributed by atoms with Gasteiger partial charge in [0.2, 0.25) is 11.8 Å². The minimum Gasteiger partial charge on any atom is -0.366 e. The molecule has 6 heteroatoms. The lowest BCUT2D eigenvalue weighted by molar-refractivity contribution is -0.124. The van der Waals surface area contributed by atoms with Crippen LogP contribution < -0.4 is 16.0 Å². The van der Waals surface area contributed by atoms with Gasteiger partial charge in [0.1, 0.15) is 0 Å². The fraction of sp³-hybridized carbons (Fsp3) is 0.167. The lowest BCUT2D eigenvalue weighted by Crippen LogP contribution is -2.37. The van der Waals surface area contributed by atoms with Crippen LogP contribution in [0.25, 0.3) is 0 Å². The van der Waals surface area contributed by atoms with Gasteiger partial charge in [-0.25, -0.2) is 0 Å². The van der Waals surface area contributed by atoms with E-state index in [1.165, 1.54) is 0 Å². The van der Waals surface area contributed by atoms with Crippen molar-refractivity contribution < 1.29 is 14.4 Å². The van der Waals surface area contributed by atoms with E-state index in [0.29, 0.717) is 5.69 Å². The Hall–Kier alpha value is -3.15. The first-order valence-electron chi connectivity index (χ1n) is 7.54. The second-order valence-electron chi connectivity index (χ2n) is 5.67. The monoisotopic (exact) mass is 323 g/mol. The average molecular weight is 323 g/mol. The number of hydrogen-bond donors (Lipinski definition) is 2. The van der Waals surface area contributed by atoms with Gasteiger partial charge in [-0.05, 0) is 23.8 Å². The number of nitrogens with one attached hydrogen (secondary N) is 1. The topological polar surface area (TPSA) is 92.5 Å². The first-order chi connectivity index (χ1) is 11.5. The Morgan fingerprint density at radius 1 is 1.12 bits per heavy atom. The summed E-state index contributed by atoms with van der Waals surface area (Å²) in [5.74, 6) is -1.69. The number of nitrogens with zero attached hydrogens (tertiary/aromatic N) is 1. The molecule has 2 aromatic rings. The normalized spacial score (nSPS) is 16.5. The molecule has 0 aromatic heterocycles. The molecule has 3 rings (SSSR count). The summed E-state index contributed by atoms with van der Waals surface area (Å²) in [6.45, 7) is 0. The summed E-state index contributed by atoms with van der Waals surface area (Å²) in [5.41, 5.74) is 7.42. The molecule has 2 aromatic carbocycles. The zero-order valence-electron chi connectivity index (χ0n) is 13.2. The predicted octanol–water partition coefficient (Wildman–Crippen LogP) is 1.87. The molecule has 1 unspecified atom stereocenters. The molecule has 122 valence electrons. The summed E-state index contributed by atoms with van der Waals surface area (Å²) in [4.78, 5) is 37.9. The third-order valence-electron chi connectivity index (χ3n) is 4.19. The molecule has 0 fully saturated rings. The van der Waals surface area contributed by atoms with E-state index in [2.05, 4.69) is 5.32 Å². The van der Waals surface area contributed by atoms with E-state index in [0.717, 1.165) is 11.3 Å². The molecule has 1 atom stereocenters. The Labute approximate surface area is 139 Å². The Bertz CT molecular complexity index is 832. The number of hydrogen-bond acceptors (Lipinski definition) is 3. The molecule has 0 saturated carbocycles. The molecular weight excluding hydrogens is 306 g/mol. The number of carbonyl (C=O) groups excluding carboxylic acids is 3. The van der Waals surface area contributed by atoms with Crippen molar-refractivity contribution in [2.75, 3.05) is 17.3 Å². The number of amides is 3. The third kappa shape index (κ3) is 2.74. The predicted molar refractivity (Wildman–Crippen MR) is 90.8 cm³/mol. The number of primary amides is 1. The van der Waals surface area contributed by atoms with E-state index in [1.54, 1.807) is 36.2 Å². The standard InChI is InChI=1S/C18H17N3O3/c1-21-15-9-5-3-6-11(15)13(10-16(21)22)18(24)20-14-8-4-2-7-12(14)17(19)23/h2-9,13H,10H2,1H3,(H2,19,23)(H,20,24). The van der Waals surface area contributed by atoms with Crippen LogP contribution in [0.1, 0.15) is 28.3 Å². The molecule has 0 aliphatic carbocycles. The van der Waals surface area contributed by atoms with Crippen LogP contribution in [0.15, 0.2) is 48.5 Å². The first kappa shape index (κ1) is 15.7. The number of benzene rings is 2. The molecule has 1 aliphatic heterocycles. The molecule has 1 heterocycles. The number of fused-ring (bicyclic) bond motifs is 1. The van der Waals surface area contributed by atoms with Crippen molar-refractivity contribution in [3.05, 3.63) is 59.7 Å². The maximum atomic E-state index is 12.7. The quantitative estimate of drug-likeness (QED) is 0.903. The molecule has 0 saturated heterocycles. The van der Waals surface area contributed by atoms with Crippen molar-refractivity contribution in [1.82, 2.24) is 0 Å². The van der Waals surface area contributed by atoms with Crippen LogP contribution in [-0.4, -0.2) is 24.8 Å². The van der Waals surface area contributed by atoms with Gasteiger partial charge in [-0.2, -0.15) is 0 Å². The van der Waals surface area contributed by atoms with E-state index in [4.69, 9.17) is 5.73 Å². The van der Waals surface area contributed by atoms with Gasteiger partial charge in [-0.15, -0.1) is 0 Å². The molecule has 6 nitrogen and oxygen atoms in total. The Morgan fingerprint density at radius 3 is 2.54 bits per heavy atom. The molecule has 3 amide bonds. The third-order valence-corrected chi connectivity index (χ3v) is 4.19. The van der Waals surface area contributed by atoms with Crippen molar-refractivity contribution in [3.8, 4) is 0 Å². The highest BCUT2D eigenvalue weighted by Gasteiger charge is 2.33.